The van der Waals surface area contributed by atoms with Crippen LogP contribution in [0.25, 0.3) is 5.78 Å². The second kappa shape index (κ2) is 10.8. The maximum Gasteiger partial charge on any atom is 0.408 e. The largest absolute Gasteiger partial charge is 0.444 e. The number of aryl methyl sites for hydroxylation is 2. The zero-order chi connectivity index (χ0) is 24.9. The summed E-state index contributed by atoms with van der Waals surface area (Å²) in [5.41, 5.74) is 2.02. The van der Waals surface area contributed by atoms with Crippen molar-refractivity contribution >= 4 is 23.7 Å². The number of hydrogen-bond donors (Lipinski definition) is 2. The van der Waals surface area contributed by atoms with Gasteiger partial charge in [0.2, 0.25) is 11.8 Å². The number of carbonyl (C=O) groups excluding carboxylic acids is 3. The van der Waals surface area contributed by atoms with Crippen molar-refractivity contribution in [3.63, 3.8) is 0 Å². The molecule has 11 heteroatoms. The molecule has 3 rings (SSSR count). The second-order valence-electron chi connectivity index (χ2n) is 9.54. The summed E-state index contributed by atoms with van der Waals surface area (Å²) in [7, 11) is 0. The van der Waals surface area contributed by atoms with Crippen LogP contribution in [-0.2, 0) is 27.3 Å². The molecular formula is C23H35N7O4. The summed E-state index contributed by atoms with van der Waals surface area (Å²) in [6, 6.07) is 0. The van der Waals surface area contributed by atoms with E-state index < -0.39 is 11.7 Å². The van der Waals surface area contributed by atoms with Gasteiger partial charge in [-0.25, -0.2) is 14.3 Å². The number of likely N-dealkylation sites (tertiary alicyclic amines) is 1. The van der Waals surface area contributed by atoms with E-state index in [1.165, 1.54) is 0 Å². The van der Waals surface area contributed by atoms with Crippen molar-refractivity contribution in [2.24, 2.45) is 0 Å². The van der Waals surface area contributed by atoms with Crippen molar-refractivity contribution in [1.29, 1.82) is 0 Å². The Balaban J connectivity index is 1.52. The second-order valence-corrected chi connectivity index (χ2v) is 9.54. The third kappa shape index (κ3) is 6.88. The number of fused-ring (bicyclic) bond motifs is 1. The van der Waals surface area contributed by atoms with Gasteiger partial charge in [0.1, 0.15) is 5.60 Å². The van der Waals surface area contributed by atoms with Gasteiger partial charge in [0.15, 0.2) is 5.82 Å². The molecule has 0 bridgehead atoms. The molecule has 0 saturated carbocycles. The van der Waals surface area contributed by atoms with E-state index in [4.69, 9.17) is 4.74 Å². The Morgan fingerprint density at radius 3 is 2.59 bits per heavy atom. The SMILES string of the molecule is Cc1nc2nc(CNC(=O)OC(C)(C)C)nn2c(C)c1CCC(=O)NCCCN1CCCC1=O. The molecule has 11 nitrogen and oxygen atoms in total. The number of rotatable bonds is 9. The molecule has 3 amide bonds. The quantitative estimate of drug-likeness (QED) is 0.531. The first kappa shape index (κ1) is 25.4. The average Bonchev–Trinajstić information content (AvgIpc) is 3.34. The molecule has 1 saturated heterocycles. The molecule has 0 aromatic carbocycles. The highest BCUT2D eigenvalue weighted by molar-refractivity contribution is 5.78. The smallest absolute Gasteiger partial charge is 0.408 e. The molecule has 34 heavy (non-hydrogen) atoms. The van der Waals surface area contributed by atoms with Crippen LogP contribution in [0, 0.1) is 13.8 Å². The van der Waals surface area contributed by atoms with Crippen LogP contribution in [0.4, 0.5) is 4.79 Å². The van der Waals surface area contributed by atoms with Crippen LogP contribution in [0.3, 0.4) is 0 Å². The van der Waals surface area contributed by atoms with Crippen molar-refractivity contribution in [3.8, 4) is 0 Å². The third-order valence-electron chi connectivity index (χ3n) is 5.58. The number of nitrogens with one attached hydrogen (secondary N) is 2. The Kier molecular flexibility index (Phi) is 8.06. The van der Waals surface area contributed by atoms with Gasteiger partial charge in [-0.2, -0.15) is 4.98 Å². The van der Waals surface area contributed by atoms with Crippen LogP contribution in [-0.4, -0.2) is 67.6 Å². The Bertz CT molecular complexity index is 1060. The van der Waals surface area contributed by atoms with Crippen molar-refractivity contribution < 1.29 is 19.1 Å². The van der Waals surface area contributed by atoms with Gasteiger partial charge >= 0.3 is 6.09 Å². The summed E-state index contributed by atoms with van der Waals surface area (Å²) in [4.78, 5) is 46.6. The zero-order valence-electron chi connectivity index (χ0n) is 20.7. The highest BCUT2D eigenvalue weighted by Crippen LogP contribution is 2.16. The lowest BCUT2D eigenvalue weighted by molar-refractivity contribution is -0.127. The highest BCUT2D eigenvalue weighted by Gasteiger charge is 2.20. The van der Waals surface area contributed by atoms with Crippen LogP contribution in [0.1, 0.15) is 69.2 Å². The summed E-state index contributed by atoms with van der Waals surface area (Å²) in [6.07, 6.45) is 2.64. The number of hydrogen-bond acceptors (Lipinski definition) is 7. The first-order valence-corrected chi connectivity index (χ1v) is 11.8. The lowest BCUT2D eigenvalue weighted by Crippen LogP contribution is -2.32. The molecule has 3 heterocycles. The minimum Gasteiger partial charge on any atom is -0.444 e. The van der Waals surface area contributed by atoms with Crippen LogP contribution in [0.2, 0.25) is 0 Å². The van der Waals surface area contributed by atoms with E-state index in [9.17, 15) is 14.4 Å². The number of amides is 3. The monoisotopic (exact) mass is 473 g/mol. The van der Waals surface area contributed by atoms with Crippen LogP contribution in [0.15, 0.2) is 0 Å². The predicted octanol–water partition coefficient (Wildman–Crippen LogP) is 1.83. The van der Waals surface area contributed by atoms with Crippen molar-refractivity contribution in [2.45, 2.75) is 78.9 Å². The van der Waals surface area contributed by atoms with Gasteiger partial charge in [-0.15, -0.1) is 5.10 Å². The Morgan fingerprint density at radius 1 is 1.15 bits per heavy atom. The zero-order valence-corrected chi connectivity index (χ0v) is 20.7. The van der Waals surface area contributed by atoms with E-state index in [0.717, 1.165) is 36.3 Å². The summed E-state index contributed by atoms with van der Waals surface area (Å²) < 4.78 is 6.87. The van der Waals surface area contributed by atoms with Gasteiger partial charge in [-0.3, -0.25) is 9.59 Å². The first-order chi connectivity index (χ1) is 16.0. The Labute approximate surface area is 199 Å². The number of ether oxygens (including phenoxy) is 1. The average molecular weight is 474 g/mol. The molecule has 0 unspecified atom stereocenters. The molecule has 2 aromatic heterocycles. The molecule has 186 valence electrons. The van der Waals surface area contributed by atoms with E-state index in [1.807, 2.05) is 18.7 Å². The molecule has 1 aliphatic rings. The summed E-state index contributed by atoms with van der Waals surface area (Å²) >= 11 is 0. The van der Waals surface area contributed by atoms with Gasteiger partial charge in [0.25, 0.3) is 5.78 Å². The maximum atomic E-state index is 12.3. The fraction of sp³-hybridized carbons (Fsp3) is 0.652. The molecule has 0 aliphatic carbocycles. The molecule has 2 aromatic rings. The van der Waals surface area contributed by atoms with Crippen molar-refractivity contribution in [3.05, 3.63) is 22.8 Å². The van der Waals surface area contributed by atoms with E-state index in [1.54, 1.807) is 25.3 Å². The summed E-state index contributed by atoms with van der Waals surface area (Å²) in [5, 5.41) is 10.0. The summed E-state index contributed by atoms with van der Waals surface area (Å²) in [5.74, 6) is 1.04. The van der Waals surface area contributed by atoms with Crippen molar-refractivity contribution in [1.82, 2.24) is 35.1 Å². The normalized spacial score (nSPS) is 14.0. The molecule has 1 fully saturated rings. The van der Waals surface area contributed by atoms with Gasteiger partial charge in [-0.05, 0) is 59.4 Å². The van der Waals surface area contributed by atoms with E-state index in [2.05, 4.69) is 25.7 Å². The fourth-order valence-electron chi connectivity index (χ4n) is 3.92. The van der Waals surface area contributed by atoms with E-state index >= 15 is 0 Å². The van der Waals surface area contributed by atoms with Gasteiger partial charge in [0, 0.05) is 43.9 Å². The number of carbonyl (C=O) groups is 3. The number of nitrogens with zero attached hydrogens (tertiary/aromatic N) is 5. The fourth-order valence-corrected chi connectivity index (χ4v) is 3.92. The lowest BCUT2D eigenvalue weighted by atomic mass is 10.1. The molecular weight excluding hydrogens is 438 g/mol. The molecule has 0 atom stereocenters. The lowest BCUT2D eigenvalue weighted by Gasteiger charge is -2.19. The predicted molar refractivity (Wildman–Crippen MR) is 125 cm³/mol. The first-order valence-electron chi connectivity index (χ1n) is 11.8. The standard InChI is InChI=1S/C23H35N7O4/c1-15-17(9-10-19(31)24-11-7-13-29-12-6-8-20(29)32)16(2)30-21(26-15)27-18(28-30)14-25-22(33)34-23(3,4)5/h6-14H2,1-5H3,(H,24,31)(H,25,33). The van der Waals surface area contributed by atoms with Gasteiger partial charge < -0.3 is 20.3 Å². The highest BCUT2D eigenvalue weighted by atomic mass is 16.6. The maximum absolute atomic E-state index is 12.3. The minimum absolute atomic E-state index is 0.0347. The minimum atomic E-state index is -0.584. The number of alkyl carbamates (subject to hydrolysis) is 1. The van der Waals surface area contributed by atoms with Crippen LogP contribution >= 0.6 is 0 Å². The van der Waals surface area contributed by atoms with E-state index in [-0.39, 0.29) is 18.4 Å². The van der Waals surface area contributed by atoms with Crippen LogP contribution in [0.5, 0.6) is 0 Å². The van der Waals surface area contributed by atoms with Crippen molar-refractivity contribution in [2.75, 3.05) is 19.6 Å². The Morgan fingerprint density at radius 2 is 1.91 bits per heavy atom. The van der Waals surface area contributed by atoms with E-state index in [0.29, 0.717) is 44.0 Å². The van der Waals surface area contributed by atoms with Crippen LogP contribution < -0.4 is 10.6 Å². The topological polar surface area (TPSA) is 131 Å². The molecule has 0 radical (unpaired) electrons. The number of aromatic nitrogens is 4. The summed E-state index contributed by atoms with van der Waals surface area (Å²) in [6.45, 7) is 11.4. The Hall–Kier alpha value is -3.24. The van der Waals surface area contributed by atoms with Gasteiger partial charge in [0.05, 0.1) is 6.54 Å². The molecule has 2 N–H and O–H groups in total. The third-order valence-corrected chi connectivity index (χ3v) is 5.58. The van der Waals surface area contributed by atoms with Gasteiger partial charge in [-0.1, -0.05) is 0 Å². The molecule has 0 spiro atoms. The molecule has 1 aliphatic heterocycles.